The van der Waals surface area contributed by atoms with Crippen LogP contribution >= 0.6 is 11.6 Å². The summed E-state index contributed by atoms with van der Waals surface area (Å²) in [5, 5.41) is 8.65. The number of benzene rings is 2. The summed E-state index contributed by atoms with van der Waals surface area (Å²) in [7, 11) is 1.60. The first-order chi connectivity index (χ1) is 13.6. The SMILES string of the molecule is COc1ccc2oc(C(=O)Nc3ccnn3Cc3ccccc3Cl)c(C)c2c1. The Hall–Kier alpha value is -3.25. The van der Waals surface area contributed by atoms with Gasteiger partial charge in [-0.2, -0.15) is 5.10 Å². The maximum absolute atomic E-state index is 12.8. The number of nitrogens with one attached hydrogen (secondary N) is 1. The molecule has 0 saturated carbocycles. The zero-order valence-electron chi connectivity index (χ0n) is 15.4. The van der Waals surface area contributed by atoms with Gasteiger partial charge in [-0.3, -0.25) is 4.79 Å². The van der Waals surface area contributed by atoms with E-state index < -0.39 is 0 Å². The Kier molecular flexibility index (Phi) is 4.79. The van der Waals surface area contributed by atoms with Gasteiger partial charge in [0.05, 0.1) is 19.9 Å². The first-order valence-electron chi connectivity index (χ1n) is 8.70. The number of anilines is 1. The van der Waals surface area contributed by atoms with Crippen LogP contribution in [0.25, 0.3) is 11.0 Å². The molecule has 1 N–H and O–H groups in total. The second-order valence-corrected chi connectivity index (χ2v) is 6.75. The van der Waals surface area contributed by atoms with Crippen molar-refractivity contribution in [1.29, 1.82) is 0 Å². The lowest BCUT2D eigenvalue weighted by Gasteiger charge is -2.09. The van der Waals surface area contributed by atoms with E-state index in [2.05, 4.69) is 10.4 Å². The number of halogens is 1. The molecule has 2 aromatic heterocycles. The zero-order valence-corrected chi connectivity index (χ0v) is 16.2. The lowest BCUT2D eigenvalue weighted by molar-refractivity contribution is 0.0997. The Morgan fingerprint density at radius 1 is 1.25 bits per heavy atom. The average molecular weight is 396 g/mol. The van der Waals surface area contributed by atoms with E-state index in [0.29, 0.717) is 28.7 Å². The van der Waals surface area contributed by atoms with Crippen molar-refractivity contribution in [2.75, 3.05) is 12.4 Å². The minimum absolute atomic E-state index is 0.258. The Morgan fingerprint density at radius 2 is 2.07 bits per heavy atom. The van der Waals surface area contributed by atoms with Crippen LogP contribution < -0.4 is 10.1 Å². The lowest BCUT2D eigenvalue weighted by atomic mass is 10.1. The van der Waals surface area contributed by atoms with E-state index in [-0.39, 0.29) is 11.7 Å². The van der Waals surface area contributed by atoms with Crippen LogP contribution in [0.3, 0.4) is 0 Å². The van der Waals surface area contributed by atoms with Crippen LogP contribution in [0, 0.1) is 6.92 Å². The van der Waals surface area contributed by atoms with Crippen LogP contribution in [0.4, 0.5) is 5.82 Å². The van der Waals surface area contributed by atoms with Crippen molar-refractivity contribution in [2.24, 2.45) is 0 Å². The van der Waals surface area contributed by atoms with Gasteiger partial charge in [-0.1, -0.05) is 29.8 Å². The molecule has 0 saturated heterocycles. The first kappa shape index (κ1) is 18.1. The van der Waals surface area contributed by atoms with Crippen molar-refractivity contribution < 1.29 is 13.9 Å². The summed E-state index contributed by atoms with van der Waals surface area (Å²) in [4.78, 5) is 12.8. The number of amides is 1. The highest BCUT2D eigenvalue weighted by atomic mass is 35.5. The number of aryl methyl sites for hydroxylation is 1. The smallest absolute Gasteiger partial charge is 0.292 e. The summed E-state index contributed by atoms with van der Waals surface area (Å²) in [5.74, 6) is 1.19. The molecule has 0 unspecified atom stereocenters. The van der Waals surface area contributed by atoms with Crippen LogP contribution in [0.5, 0.6) is 5.75 Å². The molecule has 0 spiro atoms. The Labute approximate surface area is 166 Å². The molecule has 1 amide bonds. The van der Waals surface area contributed by atoms with Crippen molar-refractivity contribution >= 4 is 34.3 Å². The lowest BCUT2D eigenvalue weighted by Crippen LogP contribution is -2.16. The van der Waals surface area contributed by atoms with Crippen molar-refractivity contribution in [3.63, 3.8) is 0 Å². The van der Waals surface area contributed by atoms with Crippen LogP contribution in [0.15, 0.2) is 59.1 Å². The van der Waals surface area contributed by atoms with Crippen LogP contribution in [0.2, 0.25) is 5.02 Å². The third-order valence-electron chi connectivity index (χ3n) is 4.59. The summed E-state index contributed by atoms with van der Waals surface area (Å²) in [5.41, 5.74) is 2.30. The van der Waals surface area contributed by atoms with Gasteiger partial charge in [0.1, 0.15) is 17.2 Å². The third-order valence-corrected chi connectivity index (χ3v) is 4.95. The minimum atomic E-state index is -0.339. The van der Waals surface area contributed by atoms with Gasteiger partial charge < -0.3 is 14.5 Å². The standard InChI is InChI=1S/C21H18ClN3O3/c1-13-16-11-15(27-2)7-8-18(16)28-20(13)21(26)24-19-9-10-23-25(19)12-14-5-3-4-6-17(14)22/h3-11H,12H2,1-2H3,(H,24,26). The Morgan fingerprint density at radius 3 is 2.86 bits per heavy atom. The summed E-state index contributed by atoms with van der Waals surface area (Å²) in [6, 6.07) is 14.7. The molecule has 0 radical (unpaired) electrons. The predicted octanol–water partition coefficient (Wildman–Crippen LogP) is 4.90. The number of furan rings is 1. The fourth-order valence-corrected chi connectivity index (χ4v) is 3.26. The van der Waals surface area contributed by atoms with Gasteiger partial charge >= 0.3 is 0 Å². The van der Waals surface area contributed by atoms with E-state index in [0.717, 1.165) is 16.5 Å². The molecule has 2 heterocycles. The fraction of sp³-hybridized carbons (Fsp3) is 0.143. The maximum Gasteiger partial charge on any atom is 0.292 e. The number of rotatable bonds is 5. The first-order valence-corrected chi connectivity index (χ1v) is 9.08. The zero-order chi connectivity index (χ0) is 19.7. The van der Waals surface area contributed by atoms with E-state index in [4.69, 9.17) is 20.8 Å². The summed E-state index contributed by atoms with van der Waals surface area (Å²) < 4.78 is 12.7. The van der Waals surface area contributed by atoms with E-state index in [9.17, 15) is 4.79 Å². The highest BCUT2D eigenvalue weighted by molar-refractivity contribution is 6.31. The summed E-state index contributed by atoms with van der Waals surface area (Å²) in [6.07, 6.45) is 1.63. The molecule has 0 atom stereocenters. The molecule has 0 aliphatic heterocycles. The molecular weight excluding hydrogens is 378 g/mol. The number of nitrogens with zero attached hydrogens (tertiary/aromatic N) is 2. The largest absolute Gasteiger partial charge is 0.497 e. The third kappa shape index (κ3) is 3.34. The highest BCUT2D eigenvalue weighted by Crippen LogP contribution is 2.29. The minimum Gasteiger partial charge on any atom is -0.497 e. The van der Waals surface area contributed by atoms with Crippen LogP contribution in [0.1, 0.15) is 21.7 Å². The molecule has 4 rings (SSSR count). The van der Waals surface area contributed by atoms with Gasteiger partial charge in [0, 0.05) is 22.0 Å². The van der Waals surface area contributed by atoms with Gasteiger partial charge in [0.25, 0.3) is 5.91 Å². The Bertz CT molecular complexity index is 1160. The van der Waals surface area contributed by atoms with Crippen molar-refractivity contribution in [3.8, 4) is 5.75 Å². The molecule has 142 valence electrons. The van der Waals surface area contributed by atoms with Crippen LogP contribution in [-0.2, 0) is 6.54 Å². The van der Waals surface area contributed by atoms with Crippen molar-refractivity contribution in [2.45, 2.75) is 13.5 Å². The number of hydrogen-bond acceptors (Lipinski definition) is 4. The molecule has 0 bridgehead atoms. The van der Waals surface area contributed by atoms with Crippen LogP contribution in [-0.4, -0.2) is 22.8 Å². The average Bonchev–Trinajstić information content (AvgIpc) is 3.27. The predicted molar refractivity (Wildman–Crippen MR) is 108 cm³/mol. The topological polar surface area (TPSA) is 69.3 Å². The molecule has 28 heavy (non-hydrogen) atoms. The molecule has 0 aliphatic carbocycles. The molecule has 4 aromatic rings. The molecule has 0 fully saturated rings. The number of fused-ring (bicyclic) bond motifs is 1. The maximum atomic E-state index is 12.8. The van der Waals surface area contributed by atoms with Crippen molar-refractivity contribution in [3.05, 3.63) is 76.6 Å². The second kappa shape index (κ2) is 7.40. The molecule has 7 heteroatoms. The quantitative estimate of drug-likeness (QED) is 0.521. The normalized spacial score (nSPS) is 11.0. The van der Waals surface area contributed by atoms with Gasteiger partial charge in [0.2, 0.25) is 0 Å². The van der Waals surface area contributed by atoms with Gasteiger partial charge in [-0.25, -0.2) is 4.68 Å². The second-order valence-electron chi connectivity index (χ2n) is 6.34. The fourth-order valence-electron chi connectivity index (χ4n) is 3.07. The van der Waals surface area contributed by atoms with E-state index >= 15 is 0 Å². The summed E-state index contributed by atoms with van der Waals surface area (Å²) in [6.45, 7) is 2.29. The molecular formula is C21H18ClN3O3. The van der Waals surface area contributed by atoms with E-state index in [1.807, 2.05) is 37.3 Å². The number of hydrogen-bond donors (Lipinski definition) is 1. The number of aromatic nitrogens is 2. The molecule has 2 aromatic carbocycles. The highest BCUT2D eigenvalue weighted by Gasteiger charge is 2.19. The number of methoxy groups -OCH3 is 1. The molecule has 0 aliphatic rings. The summed E-state index contributed by atoms with van der Waals surface area (Å²) >= 11 is 6.23. The van der Waals surface area contributed by atoms with Gasteiger partial charge in [-0.05, 0) is 36.8 Å². The number of carbonyl (C=O) groups excluding carboxylic acids is 1. The van der Waals surface area contributed by atoms with E-state index in [1.54, 1.807) is 36.2 Å². The van der Waals surface area contributed by atoms with Gasteiger partial charge in [0.15, 0.2) is 5.76 Å². The molecule has 6 nitrogen and oxygen atoms in total. The van der Waals surface area contributed by atoms with E-state index in [1.165, 1.54) is 0 Å². The monoisotopic (exact) mass is 395 g/mol. The van der Waals surface area contributed by atoms with Crippen molar-refractivity contribution in [1.82, 2.24) is 9.78 Å². The Balaban J connectivity index is 1.60. The number of carbonyl (C=O) groups is 1. The van der Waals surface area contributed by atoms with Gasteiger partial charge in [-0.15, -0.1) is 0 Å². The number of ether oxygens (including phenoxy) is 1.